The number of pyridine rings is 1. The summed E-state index contributed by atoms with van der Waals surface area (Å²) in [7, 11) is 0. The number of carbonyl (C=O) groups excluding carboxylic acids is 1. The number of ether oxygens (including phenoxy) is 1. The van der Waals surface area contributed by atoms with Crippen molar-refractivity contribution in [3.8, 4) is 5.75 Å². The second-order valence-corrected chi connectivity index (χ2v) is 9.13. The van der Waals surface area contributed by atoms with Gasteiger partial charge in [0.05, 0.1) is 6.54 Å². The monoisotopic (exact) mass is 534 g/mol. The molecule has 1 atom stereocenters. The van der Waals surface area contributed by atoms with Crippen LogP contribution >= 0.6 is 15.9 Å². The molecule has 1 unspecified atom stereocenters. The summed E-state index contributed by atoms with van der Waals surface area (Å²) < 4.78 is 34.4. The number of halogens is 3. The van der Waals surface area contributed by atoms with Gasteiger partial charge in [-0.05, 0) is 65.9 Å². The van der Waals surface area contributed by atoms with E-state index in [0.29, 0.717) is 12.1 Å². The molecule has 0 spiro atoms. The molecule has 0 bridgehead atoms. The molecular weight excluding hydrogens is 510 g/mol. The van der Waals surface area contributed by atoms with Crippen LogP contribution in [0.25, 0.3) is 0 Å². The molecule has 1 heterocycles. The van der Waals surface area contributed by atoms with Crippen molar-refractivity contribution in [1.82, 2.24) is 4.57 Å². The molecule has 3 rings (SSSR count). The minimum Gasteiger partial charge on any atom is -0.487 e. The molecule has 1 aromatic heterocycles. The Kier molecular flexibility index (Phi) is 7.89. The quantitative estimate of drug-likeness (QED) is 0.433. The van der Waals surface area contributed by atoms with E-state index in [9.17, 15) is 23.5 Å². The van der Waals surface area contributed by atoms with E-state index in [4.69, 9.17) is 10.5 Å². The van der Waals surface area contributed by atoms with Gasteiger partial charge in [-0.3, -0.25) is 9.59 Å². The van der Waals surface area contributed by atoms with E-state index in [2.05, 4.69) is 15.9 Å². The van der Waals surface area contributed by atoms with Crippen molar-refractivity contribution in [3.05, 3.63) is 97.4 Å². The van der Waals surface area contributed by atoms with Crippen LogP contribution in [-0.2, 0) is 24.4 Å². The Morgan fingerprint density at radius 2 is 1.88 bits per heavy atom. The van der Waals surface area contributed by atoms with Crippen molar-refractivity contribution in [2.75, 3.05) is 0 Å². The van der Waals surface area contributed by atoms with Crippen molar-refractivity contribution in [2.24, 2.45) is 5.73 Å². The van der Waals surface area contributed by atoms with Crippen LogP contribution in [0.3, 0.4) is 0 Å². The number of hydrogen-bond donors (Lipinski definition) is 2. The van der Waals surface area contributed by atoms with E-state index in [1.807, 2.05) is 24.3 Å². The first-order valence-electron chi connectivity index (χ1n) is 10.5. The zero-order valence-electron chi connectivity index (χ0n) is 18.8. The molecule has 6 nitrogen and oxygen atoms in total. The lowest BCUT2D eigenvalue weighted by Gasteiger charge is -2.19. The van der Waals surface area contributed by atoms with Crippen LogP contribution in [0.1, 0.15) is 35.7 Å². The van der Waals surface area contributed by atoms with Gasteiger partial charge < -0.3 is 20.1 Å². The summed E-state index contributed by atoms with van der Waals surface area (Å²) in [5.41, 5.74) is 5.85. The Balaban J connectivity index is 1.76. The lowest BCUT2D eigenvalue weighted by atomic mass is 9.95. The molecule has 2 aromatic carbocycles. The maximum Gasteiger partial charge on any atom is 0.269 e. The Hall–Kier alpha value is -3.04. The molecule has 3 N–H and O–H groups in total. The molecule has 0 saturated carbocycles. The predicted octanol–water partition coefficient (Wildman–Crippen LogP) is 3.99. The van der Waals surface area contributed by atoms with Gasteiger partial charge in [0, 0.05) is 23.4 Å². The number of aliphatic hydroxyl groups is 1. The molecule has 180 valence electrons. The minimum absolute atomic E-state index is 0.162. The van der Waals surface area contributed by atoms with Crippen molar-refractivity contribution >= 4 is 21.8 Å². The number of nitrogens with zero attached hydrogens (tertiary/aromatic N) is 1. The second-order valence-electron chi connectivity index (χ2n) is 8.34. The van der Waals surface area contributed by atoms with Crippen LogP contribution in [0, 0.1) is 18.6 Å². The zero-order valence-corrected chi connectivity index (χ0v) is 20.4. The molecule has 0 radical (unpaired) electrons. The second kappa shape index (κ2) is 10.5. The topological polar surface area (TPSA) is 94.6 Å². The van der Waals surface area contributed by atoms with E-state index < -0.39 is 23.1 Å². The van der Waals surface area contributed by atoms with Gasteiger partial charge in [-0.1, -0.05) is 24.3 Å². The summed E-state index contributed by atoms with van der Waals surface area (Å²) in [6, 6.07) is 12.4. The van der Waals surface area contributed by atoms with E-state index in [1.54, 1.807) is 17.6 Å². The van der Waals surface area contributed by atoms with E-state index in [1.165, 1.54) is 13.0 Å². The highest BCUT2D eigenvalue weighted by Crippen LogP contribution is 2.25. The molecule has 0 aliphatic heterocycles. The van der Waals surface area contributed by atoms with E-state index in [-0.39, 0.29) is 40.9 Å². The lowest BCUT2D eigenvalue weighted by molar-refractivity contribution is -0.135. The van der Waals surface area contributed by atoms with Crippen LogP contribution in [0.15, 0.2) is 57.8 Å². The highest BCUT2D eigenvalue weighted by atomic mass is 79.9. The van der Waals surface area contributed by atoms with Gasteiger partial charge >= 0.3 is 0 Å². The third-order valence-corrected chi connectivity index (χ3v) is 6.31. The largest absolute Gasteiger partial charge is 0.487 e. The van der Waals surface area contributed by atoms with Gasteiger partial charge in [0.15, 0.2) is 0 Å². The molecule has 9 heteroatoms. The molecule has 0 fully saturated rings. The van der Waals surface area contributed by atoms with Crippen molar-refractivity contribution in [1.29, 1.82) is 0 Å². The number of hydrogen-bond acceptors (Lipinski definition) is 4. The van der Waals surface area contributed by atoms with Gasteiger partial charge in [0.25, 0.3) is 5.56 Å². The Bertz CT molecular complexity index is 1270. The van der Waals surface area contributed by atoms with E-state index in [0.717, 1.165) is 23.3 Å². The summed E-state index contributed by atoms with van der Waals surface area (Å²) in [5, 5.41) is 10.1. The fourth-order valence-electron chi connectivity index (χ4n) is 3.39. The maximum absolute atomic E-state index is 13.9. The van der Waals surface area contributed by atoms with Gasteiger partial charge in [-0.2, -0.15) is 0 Å². The molecule has 0 aliphatic carbocycles. The number of amides is 1. The highest BCUT2D eigenvalue weighted by molar-refractivity contribution is 9.10. The van der Waals surface area contributed by atoms with Crippen molar-refractivity contribution in [2.45, 2.75) is 45.4 Å². The summed E-state index contributed by atoms with van der Waals surface area (Å²) in [4.78, 5) is 24.3. The summed E-state index contributed by atoms with van der Waals surface area (Å²) in [6.45, 7) is 3.27. The first-order chi connectivity index (χ1) is 16.0. The van der Waals surface area contributed by atoms with E-state index >= 15 is 0 Å². The Labute approximate surface area is 204 Å². The first-order valence-corrected chi connectivity index (χ1v) is 11.3. The average Bonchev–Trinajstić information content (AvgIpc) is 2.78. The smallest absolute Gasteiger partial charge is 0.269 e. The van der Waals surface area contributed by atoms with Gasteiger partial charge in [0.1, 0.15) is 34.1 Å². The molecule has 3 aromatic rings. The SMILES string of the molecule is Cc1cc(OCc2ccc(F)cc2F)c(Br)c(=O)n1Cc1cccc(CCC(C)(O)C(N)=O)c1. The molecule has 0 saturated heterocycles. The molecule has 0 aliphatic rings. The first kappa shape index (κ1) is 25.6. The van der Waals surface area contributed by atoms with Crippen LogP contribution in [0.5, 0.6) is 5.75 Å². The average molecular weight is 535 g/mol. The lowest BCUT2D eigenvalue weighted by Crippen LogP contribution is -2.41. The number of benzene rings is 2. The van der Waals surface area contributed by atoms with Crippen LogP contribution in [0.4, 0.5) is 8.78 Å². The normalized spacial score (nSPS) is 12.9. The third-order valence-electron chi connectivity index (χ3n) is 5.58. The summed E-state index contributed by atoms with van der Waals surface area (Å²) >= 11 is 3.27. The molecule has 1 amide bonds. The summed E-state index contributed by atoms with van der Waals surface area (Å²) in [5.74, 6) is -1.92. The molecular formula is C25H25BrF2N2O4. The number of carbonyl (C=O) groups is 1. The number of primary amides is 1. The summed E-state index contributed by atoms with van der Waals surface area (Å²) in [6.07, 6.45) is 0.616. The van der Waals surface area contributed by atoms with Crippen molar-refractivity contribution < 1.29 is 23.4 Å². The van der Waals surface area contributed by atoms with Crippen molar-refractivity contribution in [3.63, 3.8) is 0 Å². The third kappa shape index (κ3) is 6.09. The number of nitrogens with two attached hydrogens (primary N) is 1. The highest BCUT2D eigenvalue weighted by Gasteiger charge is 2.27. The fraction of sp³-hybridized carbons (Fsp3) is 0.280. The van der Waals surface area contributed by atoms with Crippen LogP contribution in [-0.4, -0.2) is 21.2 Å². The number of aryl methyl sites for hydroxylation is 2. The Morgan fingerprint density at radius 1 is 1.18 bits per heavy atom. The van der Waals surface area contributed by atoms with Gasteiger partial charge in [-0.25, -0.2) is 8.78 Å². The number of rotatable bonds is 9. The Morgan fingerprint density at radius 3 is 2.56 bits per heavy atom. The minimum atomic E-state index is -1.60. The fourth-order valence-corrected chi connectivity index (χ4v) is 3.83. The standard InChI is InChI=1S/C25H25BrF2N2O4/c1-15-10-21(34-14-18-6-7-19(27)12-20(18)28)22(26)23(31)30(15)13-17-5-3-4-16(11-17)8-9-25(2,33)24(29)32/h3-7,10-12,33H,8-9,13-14H2,1-2H3,(H2,29,32). The predicted molar refractivity (Wildman–Crippen MR) is 128 cm³/mol. The van der Waals surface area contributed by atoms with Gasteiger partial charge in [-0.15, -0.1) is 0 Å². The molecule has 34 heavy (non-hydrogen) atoms. The van der Waals surface area contributed by atoms with Gasteiger partial charge in [0.2, 0.25) is 5.91 Å². The number of aromatic nitrogens is 1. The van der Waals surface area contributed by atoms with Crippen LogP contribution in [0.2, 0.25) is 0 Å². The van der Waals surface area contributed by atoms with Crippen LogP contribution < -0.4 is 16.0 Å². The zero-order chi connectivity index (χ0) is 25.0. The maximum atomic E-state index is 13.9.